The van der Waals surface area contributed by atoms with Crippen molar-refractivity contribution in [1.29, 1.82) is 0 Å². The number of hydrogen-bond donors (Lipinski definition) is 1. The number of nitrogens with zero attached hydrogens (tertiary/aromatic N) is 4. The molecule has 0 aliphatic heterocycles. The molecule has 22 heavy (non-hydrogen) atoms. The fourth-order valence-electron chi connectivity index (χ4n) is 2.15. The van der Waals surface area contributed by atoms with Gasteiger partial charge >= 0.3 is 0 Å². The van der Waals surface area contributed by atoms with E-state index in [9.17, 15) is 4.79 Å². The highest BCUT2D eigenvalue weighted by Crippen LogP contribution is 2.17. The second-order valence-electron chi connectivity index (χ2n) is 5.02. The molecule has 0 bridgehead atoms. The maximum Gasteiger partial charge on any atom is 0.274 e. The van der Waals surface area contributed by atoms with Gasteiger partial charge in [-0.1, -0.05) is 23.8 Å². The number of aromatic nitrogens is 4. The van der Waals surface area contributed by atoms with E-state index in [0.29, 0.717) is 11.5 Å². The molecule has 6 nitrogen and oxygen atoms in total. The molecule has 2 aromatic heterocycles. The number of anilines is 1. The zero-order valence-electron chi connectivity index (χ0n) is 12.3. The van der Waals surface area contributed by atoms with Crippen molar-refractivity contribution in [3.63, 3.8) is 0 Å². The molecule has 1 amide bonds. The summed E-state index contributed by atoms with van der Waals surface area (Å²) in [6.07, 6.45) is 3.07. The van der Waals surface area contributed by atoms with Crippen LogP contribution in [0.5, 0.6) is 0 Å². The van der Waals surface area contributed by atoms with Gasteiger partial charge in [-0.3, -0.25) is 9.36 Å². The van der Waals surface area contributed by atoms with Crippen molar-refractivity contribution in [3.8, 4) is 5.82 Å². The Morgan fingerprint density at radius 3 is 2.59 bits per heavy atom. The number of amides is 1. The van der Waals surface area contributed by atoms with Gasteiger partial charge in [0.05, 0.1) is 0 Å². The number of benzene rings is 1. The molecule has 1 N–H and O–H groups in total. The van der Waals surface area contributed by atoms with Crippen molar-refractivity contribution in [2.75, 3.05) is 5.32 Å². The molecule has 0 spiro atoms. The molecule has 6 heteroatoms. The van der Waals surface area contributed by atoms with E-state index in [0.717, 1.165) is 16.8 Å². The van der Waals surface area contributed by atoms with Crippen molar-refractivity contribution in [3.05, 3.63) is 65.9 Å². The van der Waals surface area contributed by atoms with Crippen LogP contribution in [0.1, 0.15) is 21.6 Å². The fraction of sp³-hybridized carbons (Fsp3) is 0.125. The fourth-order valence-corrected chi connectivity index (χ4v) is 2.15. The van der Waals surface area contributed by atoms with E-state index >= 15 is 0 Å². The quantitative estimate of drug-likeness (QED) is 0.805. The molecule has 0 aliphatic rings. The molecular formula is C16H15N5O. The van der Waals surface area contributed by atoms with Gasteiger partial charge in [0, 0.05) is 5.69 Å². The molecule has 0 saturated carbocycles. The van der Waals surface area contributed by atoms with Crippen molar-refractivity contribution in [2.45, 2.75) is 13.8 Å². The smallest absolute Gasteiger partial charge is 0.274 e. The number of hydrogen-bond acceptors (Lipinski definition) is 4. The number of nitrogens with one attached hydrogen (secondary N) is 1. The predicted molar refractivity (Wildman–Crippen MR) is 83.0 cm³/mol. The second kappa shape index (κ2) is 5.77. The average Bonchev–Trinajstić information content (AvgIpc) is 3.04. The lowest BCUT2D eigenvalue weighted by molar-refractivity contribution is 0.102. The highest BCUT2D eigenvalue weighted by molar-refractivity contribution is 6.03. The first-order chi connectivity index (χ1) is 10.6. The topological polar surface area (TPSA) is 72.7 Å². The molecule has 0 atom stereocenters. The monoisotopic (exact) mass is 293 g/mol. The van der Waals surface area contributed by atoms with Crippen LogP contribution in [0, 0.1) is 13.8 Å². The van der Waals surface area contributed by atoms with Gasteiger partial charge in [-0.25, -0.2) is 4.98 Å². The molecular weight excluding hydrogens is 278 g/mol. The third-order valence-corrected chi connectivity index (χ3v) is 3.28. The van der Waals surface area contributed by atoms with E-state index in [-0.39, 0.29) is 5.91 Å². The van der Waals surface area contributed by atoms with Gasteiger partial charge in [0.1, 0.15) is 24.2 Å². The summed E-state index contributed by atoms with van der Waals surface area (Å²) in [5.74, 6) is 0.347. The average molecular weight is 293 g/mol. The van der Waals surface area contributed by atoms with E-state index in [1.807, 2.05) is 32.0 Å². The van der Waals surface area contributed by atoms with Crippen molar-refractivity contribution in [1.82, 2.24) is 19.7 Å². The summed E-state index contributed by atoms with van der Waals surface area (Å²) in [5, 5.41) is 10.4. The van der Waals surface area contributed by atoms with Gasteiger partial charge < -0.3 is 5.32 Å². The van der Waals surface area contributed by atoms with E-state index in [1.165, 1.54) is 12.7 Å². The highest BCUT2D eigenvalue weighted by Gasteiger charge is 2.10. The van der Waals surface area contributed by atoms with Crippen LogP contribution in [0.25, 0.3) is 5.82 Å². The van der Waals surface area contributed by atoms with Gasteiger partial charge in [-0.2, -0.15) is 0 Å². The molecule has 0 fully saturated rings. The lowest BCUT2D eigenvalue weighted by Crippen LogP contribution is -2.15. The summed E-state index contributed by atoms with van der Waals surface area (Å²) in [6.45, 7) is 3.98. The second-order valence-corrected chi connectivity index (χ2v) is 5.02. The molecule has 3 rings (SSSR count). The maximum atomic E-state index is 12.4. The van der Waals surface area contributed by atoms with Crippen molar-refractivity contribution in [2.24, 2.45) is 0 Å². The van der Waals surface area contributed by atoms with Crippen LogP contribution in [-0.4, -0.2) is 25.7 Å². The summed E-state index contributed by atoms with van der Waals surface area (Å²) in [6, 6.07) is 11.1. The number of aryl methyl sites for hydroxylation is 2. The van der Waals surface area contributed by atoms with Crippen LogP contribution < -0.4 is 5.32 Å². The van der Waals surface area contributed by atoms with Crippen molar-refractivity contribution < 1.29 is 4.79 Å². The SMILES string of the molecule is Cc1ccc(NC(=O)c2cccc(-n3cnnc3)n2)c(C)c1. The molecule has 0 aliphatic carbocycles. The summed E-state index contributed by atoms with van der Waals surface area (Å²) in [7, 11) is 0. The summed E-state index contributed by atoms with van der Waals surface area (Å²) < 4.78 is 1.65. The molecule has 2 heterocycles. The Kier molecular flexibility index (Phi) is 3.65. The first-order valence-electron chi connectivity index (χ1n) is 6.84. The minimum Gasteiger partial charge on any atom is -0.320 e. The highest BCUT2D eigenvalue weighted by atomic mass is 16.1. The first-order valence-corrected chi connectivity index (χ1v) is 6.84. The van der Waals surface area contributed by atoms with Crippen LogP contribution in [0.15, 0.2) is 49.1 Å². The van der Waals surface area contributed by atoms with Gasteiger partial charge in [0.2, 0.25) is 0 Å². The number of carbonyl (C=O) groups is 1. The van der Waals surface area contributed by atoms with Crippen LogP contribution >= 0.6 is 0 Å². The number of rotatable bonds is 3. The number of pyridine rings is 1. The zero-order chi connectivity index (χ0) is 15.5. The largest absolute Gasteiger partial charge is 0.320 e. The predicted octanol–water partition coefficient (Wildman–Crippen LogP) is 2.53. The minimum absolute atomic E-state index is 0.248. The molecule has 0 radical (unpaired) electrons. The lowest BCUT2D eigenvalue weighted by Gasteiger charge is -2.09. The van der Waals surface area contributed by atoms with Crippen LogP contribution in [0.4, 0.5) is 5.69 Å². The molecule has 0 unspecified atom stereocenters. The molecule has 110 valence electrons. The Labute approximate surface area is 127 Å². The van der Waals surface area contributed by atoms with Gasteiger partial charge in [0.15, 0.2) is 0 Å². The zero-order valence-corrected chi connectivity index (χ0v) is 12.3. The molecule has 3 aromatic rings. The lowest BCUT2D eigenvalue weighted by atomic mass is 10.1. The van der Waals surface area contributed by atoms with Gasteiger partial charge in [-0.15, -0.1) is 10.2 Å². The van der Waals surface area contributed by atoms with Crippen LogP contribution in [0.2, 0.25) is 0 Å². The van der Waals surface area contributed by atoms with Crippen LogP contribution in [0.3, 0.4) is 0 Å². The maximum absolute atomic E-state index is 12.4. The molecule has 1 aromatic carbocycles. The van der Waals surface area contributed by atoms with E-state index in [1.54, 1.807) is 22.8 Å². The van der Waals surface area contributed by atoms with Gasteiger partial charge in [-0.05, 0) is 37.6 Å². The third-order valence-electron chi connectivity index (χ3n) is 3.28. The van der Waals surface area contributed by atoms with Crippen LogP contribution in [-0.2, 0) is 0 Å². The van der Waals surface area contributed by atoms with E-state index in [4.69, 9.17) is 0 Å². The number of carbonyl (C=O) groups excluding carboxylic acids is 1. The Morgan fingerprint density at radius 1 is 1.09 bits per heavy atom. The summed E-state index contributed by atoms with van der Waals surface area (Å²) in [4.78, 5) is 16.7. The Morgan fingerprint density at radius 2 is 1.86 bits per heavy atom. The third kappa shape index (κ3) is 2.85. The molecule has 0 saturated heterocycles. The first kappa shape index (κ1) is 13.9. The van der Waals surface area contributed by atoms with Crippen molar-refractivity contribution >= 4 is 11.6 Å². The Hall–Kier alpha value is -3.02. The minimum atomic E-state index is -0.248. The standard InChI is InChI=1S/C16H15N5O/c1-11-6-7-13(12(2)8-11)20-16(22)14-4-3-5-15(19-14)21-9-17-18-10-21/h3-10H,1-2H3,(H,20,22). The Bertz CT molecular complexity index is 811. The van der Waals surface area contributed by atoms with E-state index in [2.05, 4.69) is 20.5 Å². The summed E-state index contributed by atoms with van der Waals surface area (Å²) in [5.41, 5.74) is 3.30. The van der Waals surface area contributed by atoms with Gasteiger partial charge in [0.25, 0.3) is 5.91 Å². The van der Waals surface area contributed by atoms with E-state index < -0.39 is 0 Å². The summed E-state index contributed by atoms with van der Waals surface area (Å²) >= 11 is 0. The normalized spacial score (nSPS) is 10.5. The Balaban J connectivity index is 1.85.